The first-order valence-corrected chi connectivity index (χ1v) is 8.26. The van der Waals surface area contributed by atoms with Gasteiger partial charge >= 0.3 is 0 Å². The van der Waals surface area contributed by atoms with Crippen molar-refractivity contribution in [2.45, 2.75) is 19.4 Å². The Kier molecular flexibility index (Phi) is 5.11. The fourth-order valence-electron chi connectivity index (χ4n) is 3.11. The van der Waals surface area contributed by atoms with Gasteiger partial charge in [-0.3, -0.25) is 9.78 Å². The third kappa shape index (κ3) is 3.74. The number of aromatic nitrogens is 1. The third-order valence-electron chi connectivity index (χ3n) is 4.33. The van der Waals surface area contributed by atoms with E-state index < -0.39 is 6.10 Å². The Morgan fingerprint density at radius 2 is 2.08 bits per heavy atom. The Morgan fingerprint density at radius 1 is 1.29 bits per heavy atom. The van der Waals surface area contributed by atoms with Gasteiger partial charge < -0.3 is 14.7 Å². The van der Waals surface area contributed by atoms with E-state index in [1.165, 1.54) is 0 Å². The molecule has 1 aliphatic heterocycles. The maximum Gasteiger partial charge on any atom is 0.254 e. The van der Waals surface area contributed by atoms with Crippen LogP contribution in [0.1, 0.15) is 22.8 Å². The summed E-state index contributed by atoms with van der Waals surface area (Å²) >= 11 is 0. The molecule has 2 aromatic rings. The Bertz CT molecular complexity index is 690. The van der Waals surface area contributed by atoms with Gasteiger partial charge in [-0.2, -0.15) is 0 Å². The van der Waals surface area contributed by atoms with Gasteiger partial charge in [0.1, 0.15) is 5.75 Å². The molecule has 1 aromatic carbocycles. The number of nitrogens with zero attached hydrogens (tertiary/aromatic N) is 2. The van der Waals surface area contributed by atoms with Crippen LogP contribution in [0.3, 0.4) is 0 Å². The Balaban J connectivity index is 1.67. The van der Waals surface area contributed by atoms with E-state index in [9.17, 15) is 9.90 Å². The molecule has 1 N–H and O–H groups in total. The van der Waals surface area contributed by atoms with Crippen molar-refractivity contribution in [3.63, 3.8) is 0 Å². The molecule has 0 saturated carbocycles. The van der Waals surface area contributed by atoms with Crippen LogP contribution < -0.4 is 4.74 Å². The second-order valence-corrected chi connectivity index (χ2v) is 6.06. The van der Waals surface area contributed by atoms with Gasteiger partial charge in [0.05, 0.1) is 12.7 Å². The van der Waals surface area contributed by atoms with Crippen molar-refractivity contribution in [1.82, 2.24) is 9.88 Å². The van der Waals surface area contributed by atoms with Crippen LogP contribution in [0.15, 0.2) is 48.8 Å². The maximum absolute atomic E-state index is 12.7. The fourth-order valence-corrected chi connectivity index (χ4v) is 3.11. The molecule has 24 heavy (non-hydrogen) atoms. The normalized spacial score (nSPS) is 20.2. The molecule has 126 valence electrons. The molecule has 2 atom stereocenters. The standard InChI is InChI=1S/C19H22N2O3/c1-2-24-17-5-3-4-15(11-17)19(23)21-12-16(18(22)13-21)10-14-6-8-20-9-7-14/h3-9,11,16,18,22H,2,10,12-13H2,1H3/t16-,18-/m1/s1. The number of β-amino-alcohol motifs (C(OH)–C–C–N with tert-alkyl or cyclic N) is 1. The average Bonchev–Trinajstić information content (AvgIpc) is 2.96. The third-order valence-corrected chi connectivity index (χ3v) is 4.33. The minimum absolute atomic E-state index is 0.0476. The van der Waals surface area contributed by atoms with Crippen LogP contribution in [0.25, 0.3) is 0 Å². The molecule has 5 nitrogen and oxygen atoms in total. The molecule has 0 aliphatic carbocycles. The minimum atomic E-state index is -0.503. The molecule has 1 saturated heterocycles. The molecule has 1 aromatic heterocycles. The van der Waals surface area contributed by atoms with E-state index in [0.29, 0.717) is 31.0 Å². The second kappa shape index (κ2) is 7.45. The highest BCUT2D eigenvalue weighted by atomic mass is 16.5. The topological polar surface area (TPSA) is 62.7 Å². The molecule has 1 aliphatic rings. The Hall–Kier alpha value is -2.40. The number of aliphatic hydroxyl groups excluding tert-OH is 1. The lowest BCUT2D eigenvalue weighted by Gasteiger charge is -2.17. The number of carbonyl (C=O) groups excluding carboxylic acids is 1. The minimum Gasteiger partial charge on any atom is -0.494 e. The van der Waals surface area contributed by atoms with Crippen molar-refractivity contribution in [1.29, 1.82) is 0 Å². The number of pyridine rings is 1. The zero-order valence-electron chi connectivity index (χ0n) is 13.8. The van der Waals surface area contributed by atoms with Crippen LogP contribution in [-0.4, -0.2) is 46.7 Å². The van der Waals surface area contributed by atoms with Crippen LogP contribution in [-0.2, 0) is 6.42 Å². The maximum atomic E-state index is 12.7. The van der Waals surface area contributed by atoms with Crippen molar-refractivity contribution >= 4 is 5.91 Å². The first kappa shape index (κ1) is 16.5. The van der Waals surface area contributed by atoms with E-state index in [-0.39, 0.29) is 11.8 Å². The van der Waals surface area contributed by atoms with E-state index in [1.54, 1.807) is 29.4 Å². The first-order valence-electron chi connectivity index (χ1n) is 8.26. The first-order chi connectivity index (χ1) is 11.7. The second-order valence-electron chi connectivity index (χ2n) is 6.06. The number of rotatable bonds is 5. The molecule has 3 rings (SSSR count). The van der Waals surface area contributed by atoms with Gasteiger partial charge in [0.2, 0.25) is 0 Å². The van der Waals surface area contributed by atoms with Gasteiger partial charge in [-0.1, -0.05) is 6.07 Å². The van der Waals surface area contributed by atoms with Gasteiger partial charge in [0.25, 0.3) is 5.91 Å². The van der Waals surface area contributed by atoms with Gasteiger partial charge in [0.15, 0.2) is 0 Å². The lowest BCUT2D eigenvalue weighted by molar-refractivity contribution is 0.0764. The average molecular weight is 326 g/mol. The lowest BCUT2D eigenvalue weighted by Crippen LogP contribution is -2.29. The summed E-state index contributed by atoms with van der Waals surface area (Å²) in [6, 6.07) is 11.1. The number of hydrogen-bond acceptors (Lipinski definition) is 4. The predicted molar refractivity (Wildman–Crippen MR) is 91.0 cm³/mol. The summed E-state index contributed by atoms with van der Waals surface area (Å²) in [5, 5.41) is 10.3. The monoisotopic (exact) mass is 326 g/mol. The predicted octanol–water partition coefficient (Wildman–Crippen LogP) is 2.16. The van der Waals surface area contributed by atoms with Crippen LogP contribution in [0.4, 0.5) is 0 Å². The van der Waals surface area contributed by atoms with E-state index in [2.05, 4.69) is 4.98 Å². The van der Waals surface area contributed by atoms with Gasteiger partial charge in [0, 0.05) is 37.0 Å². The lowest BCUT2D eigenvalue weighted by atomic mass is 9.97. The molecule has 2 heterocycles. The van der Waals surface area contributed by atoms with E-state index >= 15 is 0 Å². The van der Waals surface area contributed by atoms with Gasteiger partial charge in [-0.25, -0.2) is 0 Å². The van der Waals surface area contributed by atoms with Crippen molar-refractivity contribution in [3.8, 4) is 5.75 Å². The molecule has 0 unspecified atom stereocenters. The zero-order chi connectivity index (χ0) is 16.9. The number of carbonyl (C=O) groups is 1. The summed E-state index contributed by atoms with van der Waals surface area (Å²) in [7, 11) is 0. The quantitative estimate of drug-likeness (QED) is 0.914. The van der Waals surface area contributed by atoms with Crippen LogP contribution in [0.5, 0.6) is 5.75 Å². The molecule has 0 spiro atoms. The highest BCUT2D eigenvalue weighted by Gasteiger charge is 2.34. The van der Waals surface area contributed by atoms with Gasteiger partial charge in [-0.05, 0) is 49.2 Å². The fraction of sp³-hybridized carbons (Fsp3) is 0.368. The molecule has 0 bridgehead atoms. The van der Waals surface area contributed by atoms with Crippen molar-refractivity contribution in [2.75, 3.05) is 19.7 Å². The van der Waals surface area contributed by atoms with Crippen LogP contribution in [0, 0.1) is 5.92 Å². The molecule has 1 amide bonds. The molecule has 5 heteroatoms. The molecule has 1 fully saturated rings. The highest BCUT2D eigenvalue weighted by Crippen LogP contribution is 2.24. The summed E-state index contributed by atoms with van der Waals surface area (Å²) in [6.45, 7) is 3.40. The molecule has 0 radical (unpaired) electrons. The number of likely N-dealkylation sites (tertiary alicyclic amines) is 1. The summed E-state index contributed by atoms with van der Waals surface area (Å²) in [4.78, 5) is 18.4. The SMILES string of the molecule is CCOc1cccc(C(=O)N2C[C@@H](Cc3ccncc3)[C@H](O)C2)c1. The van der Waals surface area contributed by atoms with Crippen LogP contribution in [0.2, 0.25) is 0 Å². The van der Waals surface area contributed by atoms with Crippen LogP contribution >= 0.6 is 0 Å². The molecular formula is C19H22N2O3. The largest absolute Gasteiger partial charge is 0.494 e. The Morgan fingerprint density at radius 3 is 2.83 bits per heavy atom. The smallest absolute Gasteiger partial charge is 0.254 e. The van der Waals surface area contributed by atoms with Gasteiger partial charge in [-0.15, -0.1) is 0 Å². The highest BCUT2D eigenvalue weighted by molar-refractivity contribution is 5.94. The number of ether oxygens (including phenoxy) is 1. The number of hydrogen-bond donors (Lipinski definition) is 1. The van der Waals surface area contributed by atoms with Crippen molar-refractivity contribution in [2.24, 2.45) is 5.92 Å². The number of benzene rings is 1. The van der Waals surface area contributed by atoms with E-state index in [4.69, 9.17) is 4.74 Å². The summed E-state index contributed by atoms with van der Waals surface area (Å²) < 4.78 is 5.45. The van der Waals surface area contributed by atoms with Crippen molar-refractivity contribution in [3.05, 3.63) is 59.9 Å². The number of aliphatic hydroxyl groups is 1. The number of amides is 1. The summed E-state index contributed by atoms with van der Waals surface area (Å²) in [5.41, 5.74) is 1.72. The zero-order valence-corrected chi connectivity index (χ0v) is 13.8. The van der Waals surface area contributed by atoms with E-state index in [1.807, 2.05) is 31.2 Å². The Labute approximate surface area is 141 Å². The molecular weight excluding hydrogens is 304 g/mol. The summed E-state index contributed by atoms with van der Waals surface area (Å²) in [5.74, 6) is 0.677. The van der Waals surface area contributed by atoms with E-state index in [0.717, 1.165) is 12.0 Å². The summed E-state index contributed by atoms with van der Waals surface area (Å²) in [6.07, 6.45) is 3.74. The van der Waals surface area contributed by atoms with Crippen molar-refractivity contribution < 1.29 is 14.6 Å².